The van der Waals surface area contributed by atoms with Crippen molar-refractivity contribution in [1.29, 1.82) is 0 Å². The quantitative estimate of drug-likeness (QED) is 0.0344. The first kappa shape index (κ1) is 63.4. The first-order valence-corrected chi connectivity index (χ1v) is 29.1. The Bertz CT molecular complexity index is 1010. The number of ether oxygens (including phenoxy) is 3. The van der Waals surface area contributed by atoms with Gasteiger partial charge in [-0.15, -0.1) is 0 Å². The molecule has 0 aromatic heterocycles. The molecule has 0 bridgehead atoms. The van der Waals surface area contributed by atoms with E-state index in [9.17, 15) is 14.4 Å². The Kier molecular flexibility index (Phi) is 49.1. The predicted molar refractivity (Wildman–Crippen MR) is 279 cm³/mol. The Morgan fingerprint density at radius 3 is 0.800 bits per heavy atom. The van der Waals surface area contributed by atoms with Crippen molar-refractivity contribution < 1.29 is 28.6 Å². The maximum absolute atomic E-state index is 12.8. The van der Waals surface area contributed by atoms with Gasteiger partial charge in [-0.25, -0.2) is 0 Å². The zero-order chi connectivity index (χ0) is 47.7. The molecular formula is C59H114O6. The number of hydrogen-bond acceptors (Lipinski definition) is 6. The van der Waals surface area contributed by atoms with Crippen molar-refractivity contribution in [3.8, 4) is 0 Å². The lowest BCUT2D eigenvalue weighted by Crippen LogP contribution is -2.30. The number of esters is 3. The van der Waals surface area contributed by atoms with Crippen molar-refractivity contribution in [3.05, 3.63) is 0 Å². The van der Waals surface area contributed by atoms with E-state index in [1.807, 2.05) is 0 Å². The fourth-order valence-electron chi connectivity index (χ4n) is 8.97. The smallest absolute Gasteiger partial charge is 0.306 e. The molecule has 0 aliphatic carbocycles. The number of carbonyl (C=O) groups is 3. The average molecular weight is 920 g/mol. The van der Waals surface area contributed by atoms with Crippen LogP contribution in [0.1, 0.15) is 324 Å². The highest BCUT2D eigenvalue weighted by molar-refractivity contribution is 5.71. The Hall–Kier alpha value is -1.59. The number of rotatable bonds is 52. The predicted octanol–water partition coefficient (Wildman–Crippen LogP) is 19.1. The summed E-state index contributed by atoms with van der Waals surface area (Å²) in [5.74, 6) is 1.68. The molecule has 0 aromatic rings. The minimum atomic E-state index is -0.764. The molecule has 0 saturated heterocycles. The van der Waals surface area contributed by atoms with Crippen LogP contribution in [0.4, 0.5) is 0 Å². The highest BCUT2D eigenvalue weighted by atomic mass is 16.6. The van der Waals surface area contributed by atoms with Gasteiger partial charge >= 0.3 is 17.9 Å². The summed E-state index contributed by atoms with van der Waals surface area (Å²) >= 11 is 0. The van der Waals surface area contributed by atoms with E-state index in [2.05, 4.69) is 41.5 Å². The van der Waals surface area contributed by atoms with Gasteiger partial charge in [0.25, 0.3) is 0 Å². The largest absolute Gasteiger partial charge is 0.462 e. The Morgan fingerprint density at radius 1 is 0.308 bits per heavy atom. The first-order valence-electron chi connectivity index (χ1n) is 29.1. The number of carbonyl (C=O) groups excluding carboxylic acids is 3. The lowest BCUT2D eigenvalue weighted by molar-refractivity contribution is -0.167. The van der Waals surface area contributed by atoms with Gasteiger partial charge in [0, 0.05) is 19.3 Å². The van der Waals surface area contributed by atoms with Gasteiger partial charge in [0.15, 0.2) is 6.10 Å². The maximum Gasteiger partial charge on any atom is 0.306 e. The van der Waals surface area contributed by atoms with E-state index < -0.39 is 6.10 Å². The van der Waals surface area contributed by atoms with Gasteiger partial charge in [-0.2, -0.15) is 0 Å². The lowest BCUT2D eigenvalue weighted by atomic mass is 9.99. The van der Waals surface area contributed by atoms with Gasteiger partial charge in [0.2, 0.25) is 0 Å². The summed E-state index contributed by atoms with van der Waals surface area (Å²) in [6.07, 6.45) is 52.4. The molecule has 0 spiro atoms. The molecule has 65 heavy (non-hydrogen) atoms. The van der Waals surface area contributed by atoms with E-state index in [1.54, 1.807) is 0 Å². The van der Waals surface area contributed by atoms with Crippen molar-refractivity contribution in [1.82, 2.24) is 0 Å². The van der Waals surface area contributed by atoms with Crippen LogP contribution in [0.25, 0.3) is 0 Å². The summed E-state index contributed by atoms with van der Waals surface area (Å²) in [4.78, 5) is 38.1. The molecular weight excluding hydrogens is 805 g/mol. The van der Waals surface area contributed by atoms with E-state index in [4.69, 9.17) is 14.2 Å². The summed E-state index contributed by atoms with van der Waals surface area (Å²) in [6.45, 7) is 13.8. The molecule has 0 aliphatic rings. The van der Waals surface area contributed by atoms with Crippen LogP contribution < -0.4 is 0 Å². The zero-order valence-electron chi connectivity index (χ0n) is 44.8. The average Bonchev–Trinajstić information content (AvgIpc) is 3.28. The van der Waals surface area contributed by atoms with E-state index in [-0.39, 0.29) is 31.1 Å². The Balaban J connectivity index is 4.24. The van der Waals surface area contributed by atoms with E-state index >= 15 is 0 Å². The Morgan fingerprint density at radius 2 is 0.538 bits per heavy atom. The molecule has 0 amide bonds. The van der Waals surface area contributed by atoms with Gasteiger partial charge in [0.1, 0.15) is 13.2 Å². The highest BCUT2D eigenvalue weighted by Gasteiger charge is 2.19. The van der Waals surface area contributed by atoms with Crippen LogP contribution in [0.3, 0.4) is 0 Å². The third kappa shape index (κ3) is 51.6. The highest BCUT2D eigenvalue weighted by Crippen LogP contribution is 2.19. The molecule has 0 fully saturated rings. The third-order valence-corrected chi connectivity index (χ3v) is 13.8. The fraction of sp³-hybridized carbons (Fsp3) is 0.949. The monoisotopic (exact) mass is 919 g/mol. The van der Waals surface area contributed by atoms with Crippen molar-refractivity contribution >= 4 is 17.9 Å². The SMILES string of the molecule is CCC(C)CCCCCCCCCCCCCCCCC(=O)O[C@@H](COC(=O)CCCCCCCCCCCCCCCCCCC(C)C)COC(=O)CCCCCCCCCC(C)C. The molecule has 1 unspecified atom stereocenters. The zero-order valence-corrected chi connectivity index (χ0v) is 44.8. The second-order valence-corrected chi connectivity index (χ2v) is 21.5. The molecule has 0 saturated carbocycles. The van der Waals surface area contributed by atoms with Gasteiger partial charge in [-0.1, -0.05) is 286 Å². The molecule has 2 atom stereocenters. The summed E-state index contributed by atoms with van der Waals surface area (Å²) in [5.41, 5.74) is 0. The maximum atomic E-state index is 12.8. The summed E-state index contributed by atoms with van der Waals surface area (Å²) in [5, 5.41) is 0. The molecule has 0 N–H and O–H groups in total. The summed E-state index contributed by atoms with van der Waals surface area (Å²) in [6, 6.07) is 0. The molecule has 0 aromatic carbocycles. The van der Waals surface area contributed by atoms with Gasteiger partial charge in [-0.05, 0) is 37.0 Å². The van der Waals surface area contributed by atoms with Crippen LogP contribution in [0.15, 0.2) is 0 Å². The Labute approximate surface area is 406 Å². The minimum absolute atomic E-state index is 0.0640. The van der Waals surface area contributed by atoms with Gasteiger partial charge < -0.3 is 14.2 Å². The third-order valence-electron chi connectivity index (χ3n) is 13.8. The molecule has 0 radical (unpaired) electrons. The van der Waals surface area contributed by atoms with E-state index in [0.717, 1.165) is 75.5 Å². The fourth-order valence-corrected chi connectivity index (χ4v) is 8.97. The second kappa shape index (κ2) is 50.3. The van der Waals surface area contributed by atoms with Crippen LogP contribution in [0.2, 0.25) is 0 Å². The van der Waals surface area contributed by atoms with Gasteiger partial charge in [0.05, 0.1) is 0 Å². The molecule has 0 heterocycles. The van der Waals surface area contributed by atoms with Gasteiger partial charge in [-0.3, -0.25) is 14.4 Å². The van der Waals surface area contributed by atoms with Crippen molar-refractivity contribution in [2.24, 2.45) is 17.8 Å². The first-order chi connectivity index (χ1) is 31.6. The summed E-state index contributed by atoms with van der Waals surface area (Å²) < 4.78 is 16.9. The van der Waals surface area contributed by atoms with Crippen LogP contribution in [0, 0.1) is 17.8 Å². The normalized spacial score (nSPS) is 12.6. The standard InChI is InChI=1S/C59H114O6/c1-7-55(6)47-41-35-29-23-19-15-12-13-17-21-25-31-38-44-50-59(62)65-56(52-64-58(61)49-43-37-32-26-28-34-40-46-54(4)5)51-63-57(60)48-42-36-30-24-20-16-11-9-8-10-14-18-22-27-33-39-45-53(2)3/h53-56H,7-52H2,1-6H3/t55?,56-/m0/s1. The minimum Gasteiger partial charge on any atom is -0.462 e. The molecule has 6 nitrogen and oxygen atoms in total. The van der Waals surface area contributed by atoms with Crippen molar-refractivity contribution in [2.45, 2.75) is 330 Å². The number of hydrogen-bond donors (Lipinski definition) is 0. The second-order valence-electron chi connectivity index (χ2n) is 21.5. The van der Waals surface area contributed by atoms with Crippen molar-refractivity contribution in [3.63, 3.8) is 0 Å². The molecule has 6 heteroatoms. The van der Waals surface area contributed by atoms with Crippen LogP contribution in [0.5, 0.6) is 0 Å². The van der Waals surface area contributed by atoms with E-state index in [0.29, 0.717) is 19.3 Å². The van der Waals surface area contributed by atoms with Crippen molar-refractivity contribution in [2.75, 3.05) is 13.2 Å². The van der Waals surface area contributed by atoms with Crippen LogP contribution in [-0.2, 0) is 28.6 Å². The molecule has 0 aliphatic heterocycles. The lowest BCUT2D eigenvalue weighted by Gasteiger charge is -2.18. The molecule has 0 rings (SSSR count). The topological polar surface area (TPSA) is 78.9 Å². The van der Waals surface area contributed by atoms with Crippen LogP contribution >= 0.6 is 0 Å². The summed E-state index contributed by atoms with van der Waals surface area (Å²) in [7, 11) is 0. The molecule has 386 valence electrons. The number of unbranched alkanes of at least 4 members (excludes halogenated alkanes) is 34. The van der Waals surface area contributed by atoms with Crippen LogP contribution in [-0.4, -0.2) is 37.2 Å². The van der Waals surface area contributed by atoms with E-state index in [1.165, 1.54) is 205 Å².